The summed E-state index contributed by atoms with van der Waals surface area (Å²) in [7, 11) is -2.29. The summed E-state index contributed by atoms with van der Waals surface area (Å²) in [6.45, 7) is 2.38. The summed E-state index contributed by atoms with van der Waals surface area (Å²) < 4.78 is 43.7. The number of ketones is 1. The van der Waals surface area contributed by atoms with Crippen LogP contribution in [0.15, 0.2) is 42.2 Å². The van der Waals surface area contributed by atoms with Crippen LogP contribution in [0.25, 0.3) is 6.08 Å². The highest BCUT2D eigenvalue weighted by Gasteiger charge is 2.27. The molecule has 0 radical (unpaired) electrons. The first-order valence-corrected chi connectivity index (χ1v) is 9.91. The monoisotopic (exact) mass is 390 g/mol. The topological polar surface area (TPSA) is 88.1 Å². The van der Waals surface area contributed by atoms with Crippen molar-refractivity contribution in [1.29, 1.82) is 0 Å². The fraction of sp³-hybridized carbons (Fsp3) is 0.211. The molecule has 2 aromatic carbocycles. The lowest BCUT2D eigenvalue weighted by Gasteiger charge is -2.09. The van der Waals surface area contributed by atoms with E-state index in [0.717, 1.165) is 6.26 Å². The van der Waals surface area contributed by atoms with Crippen LogP contribution in [0.4, 0.5) is 0 Å². The fourth-order valence-electron chi connectivity index (χ4n) is 2.58. The van der Waals surface area contributed by atoms with Crippen molar-refractivity contribution in [3.8, 4) is 23.0 Å². The Morgan fingerprint density at radius 3 is 2.56 bits per heavy atom. The number of methoxy groups -OCH3 is 1. The number of fused-ring (bicyclic) bond motifs is 1. The Bertz CT molecular complexity index is 1020. The molecule has 0 N–H and O–H groups in total. The molecule has 27 heavy (non-hydrogen) atoms. The molecule has 3 rings (SSSR count). The van der Waals surface area contributed by atoms with E-state index in [1.54, 1.807) is 36.4 Å². The molecule has 0 bridgehead atoms. The van der Waals surface area contributed by atoms with Crippen LogP contribution in [0.5, 0.6) is 23.0 Å². The number of benzene rings is 2. The molecule has 0 atom stereocenters. The lowest BCUT2D eigenvalue weighted by Crippen LogP contribution is -2.07. The van der Waals surface area contributed by atoms with Crippen molar-refractivity contribution in [2.75, 3.05) is 20.0 Å². The quantitative estimate of drug-likeness (QED) is 0.553. The van der Waals surface area contributed by atoms with Gasteiger partial charge in [0.2, 0.25) is 5.78 Å². The Balaban J connectivity index is 1.90. The maximum atomic E-state index is 12.5. The molecule has 7 nitrogen and oxygen atoms in total. The maximum Gasteiger partial charge on any atom is 0.306 e. The van der Waals surface area contributed by atoms with Crippen molar-refractivity contribution < 1.29 is 31.6 Å². The molecule has 2 aromatic rings. The summed E-state index contributed by atoms with van der Waals surface area (Å²) in [5.74, 6) is 1.23. The van der Waals surface area contributed by atoms with Crippen LogP contribution in [-0.4, -0.2) is 34.2 Å². The molecule has 0 saturated heterocycles. The highest BCUT2D eigenvalue weighted by molar-refractivity contribution is 7.86. The number of allylic oxidation sites excluding steroid dienone is 1. The summed E-state index contributed by atoms with van der Waals surface area (Å²) in [5, 5.41) is 0. The standard InChI is InChI=1S/C19H18O7S/c1-4-24-13-6-7-14-16(11-13)25-18(19(14)20)10-12-5-8-15(17(9-12)23-2)26-27(3,21)22/h5-11H,4H2,1-3H3/b18-10-. The van der Waals surface area contributed by atoms with Crippen LogP contribution in [0.2, 0.25) is 0 Å². The fourth-order valence-corrected chi connectivity index (χ4v) is 3.04. The summed E-state index contributed by atoms with van der Waals surface area (Å²) in [6.07, 6.45) is 2.50. The minimum Gasteiger partial charge on any atom is -0.494 e. The normalized spacial score (nSPS) is 14.6. The van der Waals surface area contributed by atoms with Crippen molar-refractivity contribution in [2.45, 2.75) is 6.92 Å². The van der Waals surface area contributed by atoms with E-state index in [9.17, 15) is 13.2 Å². The van der Waals surface area contributed by atoms with Gasteiger partial charge in [-0.25, -0.2) is 0 Å². The van der Waals surface area contributed by atoms with Crippen molar-refractivity contribution in [2.24, 2.45) is 0 Å². The second-order valence-electron chi connectivity index (χ2n) is 5.73. The van der Waals surface area contributed by atoms with Gasteiger partial charge >= 0.3 is 10.1 Å². The Labute approximate surface area is 157 Å². The molecule has 142 valence electrons. The number of rotatable bonds is 6. The lowest BCUT2D eigenvalue weighted by atomic mass is 10.1. The van der Waals surface area contributed by atoms with E-state index in [2.05, 4.69) is 0 Å². The molecular formula is C19H18O7S. The van der Waals surface area contributed by atoms with Gasteiger partial charge in [0.25, 0.3) is 0 Å². The SMILES string of the molecule is CCOc1ccc2c(c1)O/C(=C\c1ccc(OS(C)(=O)=O)c(OC)c1)C2=O. The van der Waals surface area contributed by atoms with Crippen molar-refractivity contribution in [1.82, 2.24) is 0 Å². The number of ether oxygens (including phenoxy) is 3. The van der Waals surface area contributed by atoms with E-state index >= 15 is 0 Å². The van der Waals surface area contributed by atoms with E-state index < -0.39 is 10.1 Å². The van der Waals surface area contributed by atoms with Crippen LogP contribution in [-0.2, 0) is 10.1 Å². The molecular weight excluding hydrogens is 372 g/mol. The molecule has 0 saturated carbocycles. The van der Waals surface area contributed by atoms with Gasteiger partial charge in [0.05, 0.1) is 25.5 Å². The second kappa shape index (κ2) is 7.32. The third-order valence-electron chi connectivity index (χ3n) is 3.68. The Hall–Kier alpha value is -3.00. The molecule has 1 heterocycles. The number of carbonyl (C=O) groups is 1. The van der Waals surface area contributed by atoms with Gasteiger partial charge in [0.1, 0.15) is 11.5 Å². The highest BCUT2D eigenvalue weighted by atomic mass is 32.2. The van der Waals surface area contributed by atoms with Crippen LogP contribution in [0, 0.1) is 0 Å². The first kappa shape index (κ1) is 18.8. The maximum absolute atomic E-state index is 12.5. The summed E-state index contributed by atoms with van der Waals surface area (Å²) in [6, 6.07) is 9.65. The summed E-state index contributed by atoms with van der Waals surface area (Å²) in [4.78, 5) is 12.5. The minimum absolute atomic E-state index is 0.0606. The molecule has 0 amide bonds. The zero-order chi connectivity index (χ0) is 19.6. The first-order chi connectivity index (χ1) is 12.8. The molecule has 0 unspecified atom stereocenters. The van der Waals surface area contributed by atoms with Gasteiger partial charge in [-0.3, -0.25) is 4.79 Å². The molecule has 0 aromatic heterocycles. The van der Waals surface area contributed by atoms with Gasteiger partial charge in [0, 0.05) is 6.07 Å². The smallest absolute Gasteiger partial charge is 0.306 e. The minimum atomic E-state index is -3.69. The average molecular weight is 390 g/mol. The van der Waals surface area contributed by atoms with E-state index in [1.807, 2.05) is 6.92 Å². The zero-order valence-corrected chi connectivity index (χ0v) is 15.8. The van der Waals surface area contributed by atoms with Gasteiger partial charge in [-0.15, -0.1) is 0 Å². The van der Waals surface area contributed by atoms with Gasteiger partial charge in [0.15, 0.2) is 17.3 Å². The predicted octanol–water partition coefficient (Wildman–Crippen LogP) is 3.05. The Kier molecular flexibility index (Phi) is 5.09. The zero-order valence-electron chi connectivity index (χ0n) is 15.0. The molecule has 0 fully saturated rings. The molecule has 1 aliphatic rings. The number of hydrogen-bond donors (Lipinski definition) is 0. The molecule has 0 spiro atoms. The van der Waals surface area contributed by atoms with Gasteiger partial charge in [-0.2, -0.15) is 8.42 Å². The molecule has 8 heteroatoms. The summed E-state index contributed by atoms with van der Waals surface area (Å²) in [5.41, 5.74) is 1.04. The van der Waals surface area contributed by atoms with Crippen LogP contribution in [0.3, 0.4) is 0 Å². The van der Waals surface area contributed by atoms with E-state index in [0.29, 0.717) is 29.2 Å². The lowest BCUT2D eigenvalue weighted by molar-refractivity contribution is 0.101. The van der Waals surface area contributed by atoms with Crippen LogP contribution >= 0.6 is 0 Å². The van der Waals surface area contributed by atoms with Crippen LogP contribution < -0.4 is 18.4 Å². The van der Waals surface area contributed by atoms with E-state index in [-0.39, 0.29) is 23.0 Å². The van der Waals surface area contributed by atoms with Gasteiger partial charge in [-0.05, 0) is 42.8 Å². The molecule has 1 aliphatic heterocycles. The van der Waals surface area contributed by atoms with Gasteiger partial charge in [-0.1, -0.05) is 6.07 Å². The molecule has 0 aliphatic carbocycles. The summed E-state index contributed by atoms with van der Waals surface area (Å²) >= 11 is 0. The van der Waals surface area contributed by atoms with Crippen molar-refractivity contribution in [3.05, 3.63) is 53.3 Å². The second-order valence-corrected chi connectivity index (χ2v) is 7.30. The van der Waals surface area contributed by atoms with Crippen LogP contribution in [0.1, 0.15) is 22.8 Å². The number of hydrogen-bond acceptors (Lipinski definition) is 7. The largest absolute Gasteiger partial charge is 0.494 e. The first-order valence-electron chi connectivity index (χ1n) is 8.09. The van der Waals surface area contributed by atoms with Gasteiger partial charge < -0.3 is 18.4 Å². The number of carbonyl (C=O) groups excluding carboxylic acids is 1. The van der Waals surface area contributed by atoms with Crippen molar-refractivity contribution >= 4 is 22.0 Å². The predicted molar refractivity (Wildman–Crippen MR) is 99.0 cm³/mol. The van der Waals surface area contributed by atoms with E-state index in [1.165, 1.54) is 13.2 Å². The third kappa shape index (κ3) is 4.22. The Morgan fingerprint density at radius 2 is 1.89 bits per heavy atom. The average Bonchev–Trinajstić information content (AvgIpc) is 2.90. The third-order valence-corrected chi connectivity index (χ3v) is 4.16. The van der Waals surface area contributed by atoms with Crippen molar-refractivity contribution in [3.63, 3.8) is 0 Å². The number of Topliss-reactive ketones (excluding diaryl/α,β-unsaturated/α-hetero) is 1. The Morgan fingerprint density at radius 1 is 1.11 bits per heavy atom. The van der Waals surface area contributed by atoms with E-state index in [4.69, 9.17) is 18.4 Å². The highest BCUT2D eigenvalue weighted by Crippen LogP contribution is 2.36.